The third kappa shape index (κ3) is 7.51. The van der Waals surface area contributed by atoms with Gasteiger partial charge in [0.2, 0.25) is 0 Å². The molecule has 0 aliphatic heterocycles. The number of carbonyl (C=O) groups excluding carboxylic acids is 1. The molecular weight excluding hydrogens is 160 g/mol. The Labute approximate surface area is 81.5 Å². The van der Waals surface area contributed by atoms with E-state index in [4.69, 9.17) is 0 Å². The molecule has 0 bridgehead atoms. The summed E-state index contributed by atoms with van der Waals surface area (Å²) < 4.78 is 0. The second-order valence-electron chi connectivity index (χ2n) is 3.22. The lowest BCUT2D eigenvalue weighted by Gasteiger charge is -1.98. The Morgan fingerprint density at radius 2 is 2.08 bits per heavy atom. The van der Waals surface area contributed by atoms with Gasteiger partial charge < -0.3 is 0 Å². The van der Waals surface area contributed by atoms with Crippen LogP contribution < -0.4 is 0 Å². The number of unbranched alkanes of at least 4 members (excludes halogenated alkanes) is 3. The van der Waals surface area contributed by atoms with E-state index in [9.17, 15) is 4.79 Å². The minimum Gasteiger partial charge on any atom is -0.298 e. The van der Waals surface area contributed by atoms with E-state index in [2.05, 4.69) is 13.5 Å². The molecule has 0 aromatic carbocycles. The predicted octanol–water partition coefficient (Wildman–Crippen LogP) is 3.66. The van der Waals surface area contributed by atoms with Gasteiger partial charge in [0, 0.05) is 0 Å². The number of allylic oxidation sites excluding steroid dienone is 3. The van der Waals surface area contributed by atoms with Gasteiger partial charge in [-0.25, -0.2) is 0 Å². The molecule has 0 aliphatic rings. The fraction of sp³-hybridized carbons (Fsp3) is 0.583. The van der Waals surface area contributed by atoms with Crippen LogP contribution in [-0.2, 0) is 4.79 Å². The van der Waals surface area contributed by atoms with Crippen molar-refractivity contribution in [3.63, 3.8) is 0 Å². The first-order valence-corrected chi connectivity index (χ1v) is 5.10. The summed E-state index contributed by atoms with van der Waals surface area (Å²) in [5, 5.41) is 0. The monoisotopic (exact) mass is 180 g/mol. The van der Waals surface area contributed by atoms with Crippen molar-refractivity contribution in [2.45, 2.75) is 45.4 Å². The standard InChI is InChI=1S/C12H20O/c1-3-5-7-9-12(11-13)10-8-6-4-2/h3,9,11H,1,4-8,10H2,2H3/b12-9+. The van der Waals surface area contributed by atoms with Gasteiger partial charge in [-0.2, -0.15) is 0 Å². The lowest BCUT2D eigenvalue weighted by Crippen LogP contribution is -1.86. The van der Waals surface area contributed by atoms with E-state index in [1.165, 1.54) is 12.8 Å². The SMILES string of the molecule is C=CCC/C=C(/C=O)CCCCC. The van der Waals surface area contributed by atoms with E-state index in [0.717, 1.165) is 37.5 Å². The van der Waals surface area contributed by atoms with Crippen LogP contribution in [0.1, 0.15) is 45.4 Å². The van der Waals surface area contributed by atoms with E-state index >= 15 is 0 Å². The van der Waals surface area contributed by atoms with E-state index in [1.807, 2.05) is 12.2 Å². The summed E-state index contributed by atoms with van der Waals surface area (Å²) in [6.45, 7) is 5.81. The van der Waals surface area contributed by atoms with Gasteiger partial charge in [0.25, 0.3) is 0 Å². The number of aldehydes is 1. The Morgan fingerprint density at radius 1 is 1.31 bits per heavy atom. The average Bonchev–Trinajstić information content (AvgIpc) is 2.16. The molecule has 0 aliphatic carbocycles. The fourth-order valence-corrected chi connectivity index (χ4v) is 1.17. The molecule has 0 unspecified atom stereocenters. The van der Waals surface area contributed by atoms with Crippen molar-refractivity contribution in [3.8, 4) is 0 Å². The highest BCUT2D eigenvalue weighted by Crippen LogP contribution is 2.08. The second-order valence-corrected chi connectivity index (χ2v) is 3.22. The Hall–Kier alpha value is -0.850. The Balaban J connectivity index is 3.66. The van der Waals surface area contributed by atoms with Gasteiger partial charge in [0.1, 0.15) is 6.29 Å². The first-order chi connectivity index (χ1) is 6.35. The highest BCUT2D eigenvalue weighted by molar-refractivity contribution is 5.72. The van der Waals surface area contributed by atoms with Crippen molar-refractivity contribution in [2.75, 3.05) is 0 Å². The highest BCUT2D eigenvalue weighted by Gasteiger charge is 1.94. The van der Waals surface area contributed by atoms with E-state index in [1.54, 1.807) is 0 Å². The quantitative estimate of drug-likeness (QED) is 0.241. The lowest BCUT2D eigenvalue weighted by molar-refractivity contribution is -0.105. The third-order valence-corrected chi connectivity index (χ3v) is 2.00. The zero-order valence-corrected chi connectivity index (χ0v) is 8.59. The number of rotatable bonds is 8. The van der Waals surface area contributed by atoms with Crippen LogP contribution in [0.2, 0.25) is 0 Å². The summed E-state index contributed by atoms with van der Waals surface area (Å²) in [7, 11) is 0. The topological polar surface area (TPSA) is 17.1 Å². The molecule has 0 aromatic rings. The summed E-state index contributed by atoms with van der Waals surface area (Å²) >= 11 is 0. The van der Waals surface area contributed by atoms with E-state index < -0.39 is 0 Å². The van der Waals surface area contributed by atoms with Crippen molar-refractivity contribution in [1.29, 1.82) is 0 Å². The maximum absolute atomic E-state index is 10.6. The minimum atomic E-state index is 0.939. The van der Waals surface area contributed by atoms with E-state index in [0.29, 0.717) is 0 Å². The third-order valence-electron chi connectivity index (χ3n) is 2.00. The molecule has 0 spiro atoms. The molecule has 13 heavy (non-hydrogen) atoms. The van der Waals surface area contributed by atoms with Crippen LogP contribution in [0.3, 0.4) is 0 Å². The minimum absolute atomic E-state index is 0.939. The summed E-state index contributed by atoms with van der Waals surface area (Å²) in [4.78, 5) is 10.6. The summed E-state index contributed by atoms with van der Waals surface area (Å²) in [6.07, 6.45) is 11.3. The van der Waals surface area contributed by atoms with Crippen LogP contribution in [0.4, 0.5) is 0 Å². The Morgan fingerprint density at radius 3 is 2.62 bits per heavy atom. The number of hydrogen-bond acceptors (Lipinski definition) is 1. The summed E-state index contributed by atoms with van der Waals surface area (Å²) in [6, 6.07) is 0. The zero-order valence-electron chi connectivity index (χ0n) is 8.59. The molecule has 0 saturated heterocycles. The van der Waals surface area contributed by atoms with Crippen LogP contribution in [0.25, 0.3) is 0 Å². The van der Waals surface area contributed by atoms with Gasteiger partial charge in [-0.3, -0.25) is 4.79 Å². The first-order valence-electron chi connectivity index (χ1n) is 5.10. The number of carbonyl (C=O) groups is 1. The van der Waals surface area contributed by atoms with Crippen LogP contribution >= 0.6 is 0 Å². The van der Waals surface area contributed by atoms with Gasteiger partial charge in [-0.1, -0.05) is 31.9 Å². The predicted molar refractivity (Wildman–Crippen MR) is 57.7 cm³/mol. The first kappa shape index (κ1) is 12.2. The molecule has 0 atom stereocenters. The molecule has 1 nitrogen and oxygen atoms in total. The van der Waals surface area contributed by atoms with Crippen molar-refractivity contribution in [1.82, 2.24) is 0 Å². The maximum Gasteiger partial charge on any atom is 0.145 e. The largest absolute Gasteiger partial charge is 0.298 e. The summed E-state index contributed by atoms with van der Waals surface area (Å²) in [5.41, 5.74) is 0.954. The molecule has 0 saturated carbocycles. The normalized spacial score (nSPS) is 11.3. The van der Waals surface area contributed by atoms with Gasteiger partial charge in [0.15, 0.2) is 0 Å². The van der Waals surface area contributed by atoms with Gasteiger partial charge in [0.05, 0.1) is 0 Å². The zero-order chi connectivity index (χ0) is 9.94. The lowest BCUT2D eigenvalue weighted by atomic mass is 10.1. The molecule has 0 heterocycles. The molecule has 0 fully saturated rings. The van der Waals surface area contributed by atoms with Crippen LogP contribution in [0, 0.1) is 0 Å². The van der Waals surface area contributed by atoms with Gasteiger partial charge >= 0.3 is 0 Å². The van der Waals surface area contributed by atoms with Crippen LogP contribution in [0.15, 0.2) is 24.3 Å². The molecule has 1 heteroatoms. The van der Waals surface area contributed by atoms with Crippen LogP contribution in [-0.4, -0.2) is 6.29 Å². The molecule has 0 N–H and O–H groups in total. The molecule has 0 rings (SSSR count). The summed E-state index contributed by atoms with van der Waals surface area (Å²) in [5.74, 6) is 0. The molecule has 0 amide bonds. The van der Waals surface area contributed by atoms with Crippen molar-refractivity contribution < 1.29 is 4.79 Å². The van der Waals surface area contributed by atoms with Gasteiger partial charge in [-0.05, 0) is 31.3 Å². The number of hydrogen-bond donors (Lipinski definition) is 0. The smallest absolute Gasteiger partial charge is 0.145 e. The Kier molecular flexibility index (Phi) is 8.64. The average molecular weight is 180 g/mol. The Bertz CT molecular complexity index is 168. The second kappa shape index (κ2) is 9.24. The molecular formula is C12H20O. The van der Waals surface area contributed by atoms with Crippen LogP contribution in [0.5, 0.6) is 0 Å². The van der Waals surface area contributed by atoms with E-state index in [-0.39, 0.29) is 0 Å². The molecule has 74 valence electrons. The molecule has 0 aromatic heterocycles. The van der Waals surface area contributed by atoms with Crippen molar-refractivity contribution >= 4 is 6.29 Å². The van der Waals surface area contributed by atoms with Gasteiger partial charge in [-0.15, -0.1) is 6.58 Å². The molecule has 0 radical (unpaired) electrons. The van der Waals surface area contributed by atoms with Crippen molar-refractivity contribution in [2.24, 2.45) is 0 Å². The highest BCUT2D eigenvalue weighted by atomic mass is 16.1. The maximum atomic E-state index is 10.6. The fourth-order valence-electron chi connectivity index (χ4n) is 1.17. The van der Waals surface area contributed by atoms with Crippen molar-refractivity contribution in [3.05, 3.63) is 24.3 Å².